The molecule has 4 nitrogen and oxygen atoms in total. The molecule has 0 N–H and O–H groups in total. The van der Waals surface area contributed by atoms with E-state index in [1.165, 1.54) is 0 Å². The summed E-state index contributed by atoms with van der Waals surface area (Å²) >= 11 is 6.31. The molecular formula is C22H23ClN2O2. The lowest BCUT2D eigenvalue weighted by molar-refractivity contribution is 0.0687. The Morgan fingerprint density at radius 1 is 0.889 bits per heavy atom. The van der Waals surface area contributed by atoms with E-state index in [4.69, 9.17) is 11.6 Å². The third-order valence-electron chi connectivity index (χ3n) is 5.91. The fourth-order valence-corrected chi connectivity index (χ4v) is 4.36. The van der Waals surface area contributed by atoms with Gasteiger partial charge in [0.1, 0.15) is 0 Å². The van der Waals surface area contributed by atoms with Crippen molar-refractivity contribution in [3.05, 3.63) is 64.7 Å². The van der Waals surface area contributed by atoms with Crippen LogP contribution in [-0.2, 0) is 0 Å². The van der Waals surface area contributed by atoms with Crippen LogP contribution in [-0.4, -0.2) is 49.2 Å². The van der Waals surface area contributed by atoms with E-state index < -0.39 is 5.41 Å². The third kappa shape index (κ3) is 3.17. The second kappa shape index (κ2) is 7.10. The quantitative estimate of drug-likeness (QED) is 0.751. The first kappa shape index (κ1) is 18.2. The second-order valence-electron chi connectivity index (χ2n) is 7.57. The minimum absolute atomic E-state index is 0.0298. The number of anilines is 1. The largest absolute Gasteiger partial charge is 0.368 e. The number of halogens is 1. The molecule has 1 aliphatic heterocycles. The summed E-state index contributed by atoms with van der Waals surface area (Å²) in [5.74, 6) is -0.0596. The van der Waals surface area contributed by atoms with E-state index in [1.54, 1.807) is 19.1 Å². The van der Waals surface area contributed by atoms with E-state index in [2.05, 4.69) is 9.80 Å². The van der Waals surface area contributed by atoms with Crippen LogP contribution in [0, 0.1) is 5.41 Å². The number of ketones is 2. The van der Waals surface area contributed by atoms with Crippen molar-refractivity contribution in [2.24, 2.45) is 5.41 Å². The number of hydrogen-bond donors (Lipinski definition) is 0. The van der Waals surface area contributed by atoms with Gasteiger partial charge in [-0.15, -0.1) is 0 Å². The summed E-state index contributed by atoms with van der Waals surface area (Å²) in [6.45, 7) is 6.13. The molecule has 140 valence electrons. The molecule has 1 fully saturated rings. The molecule has 2 aromatic carbocycles. The van der Waals surface area contributed by atoms with Crippen LogP contribution in [0.3, 0.4) is 0 Å². The Bertz CT molecular complexity index is 852. The van der Waals surface area contributed by atoms with E-state index in [-0.39, 0.29) is 11.6 Å². The van der Waals surface area contributed by atoms with Gasteiger partial charge in [-0.2, -0.15) is 0 Å². The smallest absolute Gasteiger partial charge is 0.177 e. The normalized spacial score (nSPS) is 19.4. The monoisotopic (exact) mass is 382 g/mol. The number of carbonyl (C=O) groups is 2. The van der Waals surface area contributed by atoms with Gasteiger partial charge >= 0.3 is 0 Å². The highest BCUT2D eigenvalue weighted by molar-refractivity contribution is 6.33. The fourth-order valence-electron chi connectivity index (χ4n) is 4.11. The number of nitrogens with zero attached hydrogens (tertiary/aromatic N) is 2. The molecule has 2 aromatic rings. The Morgan fingerprint density at radius 2 is 1.44 bits per heavy atom. The van der Waals surface area contributed by atoms with Crippen molar-refractivity contribution < 1.29 is 9.59 Å². The minimum atomic E-state index is -0.927. The molecule has 4 rings (SSSR count). The molecular weight excluding hydrogens is 360 g/mol. The molecule has 1 aliphatic carbocycles. The Hall–Kier alpha value is -2.17. The average molecular weight is 383 g/mol. The van der Waals surface area contributed by atoms with Gasteiger partial charge < -0.3 is 4.90 Å². The van der Waals surface area contributed by atoms with Crippen LogP contribution in [0.1, 0.15) is 34.1 Å². The lowest BCUT2D eigenvalue weighted by atomic mass is 9.81. The van der Waals surface area contributed by atoms with Crippen LogP contribution in [0.15, 0.2) is 48.5 Å². The summed E-state index contributed by atoms with van der Waals surface area (Å²) in [4.78, 5) is 30.3. The van der Waals surface area contributed by atoms with E-state index in [1.807, 2.05) is 36.4 Å². The van der Waals surface area contributed by atoms with Crippen LogP contribution in [0.25, 0.3) is 0 Å². The Morgan fingerprint density at radius 3 is 2.04 bits per heavy atom. The Kier molecular flexibility index (Phi) is 4.79. The van der Waals surface area contributed by atoms with Crippen LogP contribution < -0.4 is 4.90 Å². The van der Waals surface area contributed by atoms with Gasteiger partial charge in [-0.25, -0.2) is 0 Å². The number of benzene rings is 2. The number of fused-ring (bicyclic) bond motifs is 1. The summed E-state index contributed by atoms with van der Waals surface area (Å²) in [5, 5.41) is 0.776. The maximum absolute atomic E-state index is 12.8. The summed E-state index contributed by atoms with van der Waals surface area (Å²) < 4.78 is 0. The van der Waals surface area contributed by atoms with Crippen LogP contribution in [0.2, 0.25) is 5.02 Å². The molecule has 0 saturated carbocycles. The maximum Gasteiger partial charge on any atom is 0.177 e. The summed E-state index contributed by atoms with van der Waals surface area (Å²) in [7, 11) is 0. The SMILES string of the molecule is CC1(CCN2CCN(c3ccccc3Cl)CC2)C(=O)c2ccccc2C1=O. The molecule has 27 heavy (non-hydrogen) atoms. The van der Waals surface area contributed by atoms with Crippen molar-refractivity contribution in [3.63, 3.8) is 0 Å². The highest BCUT2D eigenvalue weighted by Gasteiger charge is 2.48. The van der Waals surface area contributed by atoms with E-state index in [9.17, 15) is 9.59 Å². The minimum Gasteiger partial charge on any atom is -0.368 e. The van der Waals surface area contributed by atoms with Gasteiger partial charge in [0.15, 0.2) is 11.6 Å². The molecule has 0 unspecified atom stereocenters. The molecule has 2 aliphatic rings. The van der Waals surface area contributed by atoms with Gasteiger partial charge in [-0.05, 0) is 32.0 Å². The van der Waals surface area contributed by atoms with Crippen molar-refractivity contribution in [1.82, 2.24) is 4.90 Å². The maximum atomic E-state index is 12.8. The molecule has 0 spiro atoms. The zero-order valence-electron chi connectivity index (χ0n) is 15.5. The predicted octanol–water partition coefficient (Wildman–Crippen LogP) is 3.94. The Labute approximate surface area is 164 Å². The average Bonchev–Trinajstić information content (AvgIpc) is 2.89. The van der Waals surface area contributed by atoms with Gasteiger partial charge in [0.2, 0.25) is 0 Å². The van der Waals surface area contributed by atoms with Crippen molar-refractivity contribution in [3.8, 4) is 0 Å². The topological polar surface area (TPSA) is 40.6 Å². The summed E-state index contributed by atoms with van der Waals surface area (Å²) in [6, 6.07) is 15.1. The zero-order valence-corrected chi connectivity index (χ0v) is 16.2. The number of hydrogen-bond acceptors (Lipinski definition) is 4. The first-order chi connectivity index (χ1) is 13.0. The predicted molar refractivity (Wildman–Crippen MR) is 108 cm³/mol. The summed E-state index contributed by atoms with van der Waals surface area (Å²) in [6.07, 6.45) is 0.561. The molecule has 0 radical (unpaired) electrons. The van der Waals surface area contributed by atoms with Gasteiger partial charge in [0.25, 0.3) is 0 Å². The first-order valence-corrected chi connectivity index (χ1v) is 9.79. The van der Waals surface area contributed by atoms with Gasteiger partial charge in [0.05, 0.1) is 16.1 Å². The van der Waals surface area contributed by atoms with Crippen molar-refractivity contribution in [2.45, 2.75) is 13.3 Å². The highest BCUT2D eigenvalue weighted by Crippen LogP contribution is 2.39. The molecule has 5 heteroatoms. The number of piperazine rings is 1. The molecule has 0 amide bonds. The number of rotatable bonds is 4. The molecule has 1 heterocycles. The van der Waals surface area contributed by atoms with Crippen LogP contribution in [0.5, 0.6) is 0 Å². The van der Waals surface area contributed by atoms with E-state index >= 15 is 0 Å². The van der Waals surface area contributed by atoms with Crippen molar-refractivity contribution in [2.75, 3.05) is 37.6 Å². The van der Waals surface area contributed by atoms with Crippen LogP contribution >= 0.6 is 11.6 Å². The Balaban J connectivity index is 1.38. The fraction of sp³-hybridized carbons (Fsp3) is 0.364. The third-order valence-corrected chi connectivity index (χ3v) is 6.23. The number of para-hydroxylation sites is 1. The molecule has 0 bridgehead atoms. The van der Waals surface area contributed by atoms with Gasteiger partial charge in [-0.3, -0.25) is 14.5 Å². The summed E-state index contributed by atoms with van der Waals surface area (Å²) in [5.41, 5.74) is 1.30. The standard InChI is InChI=1S/C22H23ClN2O2/c1-22(20(26)16-6-2-3-7-17(16)21(22)27)10-11-24-12-14-25(15-13-24)19-9-5-4-8-18(19)23/h2-9H,10-15H2,1H3. The van der Waals surface area contributed by atoms with E-state index in [0.29, 0.717) is 17.5 Å². The number of Topliss-reactive ketones (excluding diaryl/α,β-unsaturated/α-hetero) is 2. The molecule has 1 saturated heterocycles. The highest BCUT2D eigenvalue weighted by atomic mass is 35.5. The zero-order chi connectivity index (χ0) is 19.0. The lowest BCUT2D eigenvalue weighted by Crippen LogP contribution is -2.48. The molecule has 0 aromatic heterocycles. The van der Waals surface area contributed by atoms with Gasteiger partial charge in [-0.1, -0.05) is 48.0 Å². The van der Waals surface area contributed by atoms with E-state index in [0.717, 1.165) is 43.4 Å². The lowest BCUT2D eigenvalue weighted by Gasteiger charge is -2.37. The van der Waals surface area contributed by atoms with Crippen molar-refractivity contribution >= 4 is 28.9 Å². The van der Waals surface area contributed by atoms with Gasteiger partial charge in [0, 0.05) is 37.3 Å². The van der Waals surface area contributed by atoms with Crippen LogP contribution in [0.4, 0.5) is 5.69 Å². The first-order valence-electron chi connectivity index (χ1n) is 9.41. The molecule has 0 atom stereocenters. The second-order valence-corrected chi connectivity index (χ2v) is 7.97. The number of carbonyl (C=O) groups excluding carboxylic acids is 2. The van der Waals surface area contributed by atoms with Crippen molar-refractivity contribution in [1.29, 1.82) is 0 Å².